The Morgan fingerprint density at radius 1 is 1.39 bits per heavy atom. The van der Waals surface area contributed by atoms with Crippen molar-refractivity contribution in [1.29, 1.82) is 0 Å². The van der Waals surface area contributed by atoms with Crippen LogP contribution in [0.5, 0.6) is 0 Å². The molecule has 1 aromatic carbocycles. The first-order valence-corrected chi connectivity index (χ1v) is 5.21. The first kappa shape index (κ1) is 14.7. The molecule has 0 radical (unpaired) electrons. The van der Waals surface area contributed by atoms with E-state index in [9.17, 15) is 18.0 Å². The minimum atomic E-state index is -4.43. The second-order valence-electron chi connectivity index (χ2n) is 3.28. The number of nitrogens with one attached hydrogen (secondary N) is 2. The largest absolute Gasteiger partial charge is 0.413 e. The lowest BCUT2D eigenvalue weighted by Crippen LogP contribution is -2.31. The zero-order chi connectivity index (χ0) is 13.6. The molecule has 18 heavy (non-hydrogen) atoms. The summed E-state index contributed by atoms with van der Waals surface area (Å²) in [5, 5.41) is 2.87. The van der Waals surface area contributed by atoms with Gasteiger partial charge in [0.15, 0.2) is 6.61 Å². The summed E-state index contributed by atoms with van der Waals surface area (Å²) in [5.41, 5.74) is 2.36. The summed E-state index contributed by atoms with van der Waals surface area (Å²) in [4.78, 5) is 15.3. The summed E-state index contributed by atoms with van der Waals surface area (Å²) in [5.74, 6) is -0.542. The minimum Gasteiger partial charge on any atom is -0.325 e. The third-order valence-corrected chi connectivity index (χ3v) is 1.91. The Morgan fingerprint density at radius 3 is 2.72 bits per heavy atom. The predicted octanol–water partition coefficient (Wildman–Crippen LogP) is 2.36. The highest BCUT2D eigenvalue weighted by Gasteiger charge is 2.27. The van der Waals surface area contributed by atoms with E-state index in [1.807, 2.05) is 5.48 Å². The van der Waals surface area contributed by atoms with E-state index in [1.165, 1.54) is 6.07 Å². The lowest BCUT2D eigenvalue weighted by Gasteiger charge is -2.09. The molecule has 0 atom stereocenters. The molecule has 0 spiro atoms. The third-order valence-electron chi connectivity index (χ3n) is 1.68. The number of amides is 1. The fraction of sp³-hybridized carbons (Fsp3) is 0.300. The maximum Gasteiger partial charge on any atom is 0.413 e. The van der Waals surface area contributed by atoms with E-state index < -0.39 is 25.2 Å². The molecule has 1 amide bonds. The average Bonchev–Trinajstić information content (AvgIpc) is 2.23. The second kappa shape index (κ2) is 6.58. The van der Waals surface area contributed by atoms with Gasteiger partial charge in [0.1, 0.15) is 6.54 Å². The fourth-order valence-corrected chi connectivity index (χ4v) is 1.21. The molecule has 0 fully saturated rings. The van der Waals surface area contributed by atoms with Crippen LogP contribution in [0.3, 0.4) is 0 Å². The van der Waals surface area contributed by atoms with E-state index in [0.717, 1.165) is 0 Å². The van der Waals surface area contributed by atoms with Gasteiger partial charge in [0.2, 0.25) is 5.91 Å². The zero-order valence-corrected chi connectivity index (χ0v) is 9.81. The number of halogens is 4. The number of carbonyl (C=O) groups excluding carboxylic acids is 1. The van der Waals surface area contributed by atoms with Gasteiger partial charge >= 0.3 is 6.18 Å². The topological polar surface area (TPSA) is 50.4 Å². The van der Waals surface area contributed by atoms with Crippen molar-refractivity contribution >= 4 is 23.2 Å². The van der Waals surface area contributed by atoms with Gasteiger partial charge in [-0.15, -0.1) is 0 Å². The summed E-state index contributed by atoms with van der Waals surface area (Å²) >= 11 is 5.69. The summed E-state index contributed by atoms with van der Waals surface area (Å²) in [6.45, 7) is -1.86. The van der Waals surface area contributed by atoms with E-state index in [-0.39, 0.29) is 0 Å². The fourth-order valence-electron chi connectivity index (χ4n) is 1.02. The van der Waals surface area contributed by atoms with Gasteiger partial charge in [-0.1, -0.05) is 17.7 Å². The maximum absolute atomic E-state index is 11.7. The molecule has 0 aliphatic heterocycles. The molecule has 0 heterocycles. The van der Waals surface area contributed by atoms with Gasteiger partial charge in [0.25, 0.3) is 0 Å². The monoisotopic (exact) mass is 282 g/mol. The summed E-state index contributed by atoms with van der Waals surface area (Å²) in [6, 6.07) is 6.36. The van der Waals surface area contributed by atoms with Gasteiger partial charge < -0.3 is 5.32 Å². The summed E-state index contributed by atoms with van der Waals surface area (Å²) in [7, 11) is 0. The Kier molecular flexibility index (Phi) is 5.39. The van der Waals surface area contributed by atoms with Crippen molar-refractivity contribution in [1.82, 2.24) is 5.48 Å². The number of anilines is 1. The Morgan fingerprint density at radius 2 is 2.11 bits per heavy atom. The van der Waals surface area contributed by atoms with Crippen LogP contribution < -0.4 is 10.8 Å². The Bertz CT molecular complexity index is 412. The number of hydrogen-bond donors (Lipinski definition) is 2. The molecule has 2 N–H and O–H groups in total. The number of carbonyl (C=O) groups is 1. The van der Waals surface area contributed by atoms with Crippen LogP contribution in [0.4, 0.5) is 18.9 Å². The number of hydroxylamine groups is 1. The van der Waals surface area contributed by atoms with Crippen molar-refractivity contribution in [3.63, 3.8) is 0 Å². The van der Waals surface area contributed by atoms with Crippen LogP contribution in [-0.2, 0) is 9.63 Å². The number of rotatable bonds is 5. The Hall–Kier alpha value is -1.31. The number of alkyl halides is 3. The Labute approximate surface area is 106 Å². The van der Waals surface area contributed by atoms with Crippen LogP contribution in [0.25, 0.3) is 0 Å². The van der Waals surface area contributed by atoms with Gasteiger partial charge in [-0.3, -0.25) is 9.63 Å². The first-order chi connectivity index (χ1) is 8.37. The molecule has 4 nitrogen and oxygen atoms in total. The van der Waals surface area contributed by atoms with Gasteiger partial charge in [-0.25, -0.2) is 0 Å². The lowest BCUT2D eigenvalue weighted by molar-refractivity contribution is -0.189. The van der Waals surface area contributed by atoms with Crippen molar-refractivity contribution < 1.29 is 22.8 Å². The molecule has 0 saturated carbocycles. The molecular weight excluding hydrogens is 273 g/mol. The highest BCUT2D eigenvalue weighted by molar-refractivity contribution is 6.30. The average molecular weight is 283 g/mol. The maximum atomic E-state index is 11.7. The molecule has 100 valence electrons. The van der Waals surface area contributed by atoms with Crippen molar-refractivity contribution in [3.8, 4) is 0 Å². The summed E-state index contributed by atoms with van der Waals surface area (Å²) in [6.07, 6.45) is -4.43. The van der Waals surface area contributed by atoms with E-state index in [4.69, 9.17) is 11.6 Å². The molecule has 0 aliphatic rings. The third kappa shape index (κ3) is 6.43. The Balaban J connectivity index is 2.26. The van der Waals surface area contributed by atoms with Crippen molar-refractivity contribution in [3.05, 3.63) is 29.3 Å². The van der Waals surface area contributed by atoms with Crippen LogP contribution in [0, 0.1) is 0 Å². The smallest absolute Gasteiger partial charge is 0.325 e. The molecule has 0 saturated heterocycles. The van der Waals surface area contributed by atoms with E-state index in [0.29, 0.717) is 10.7 Å². The van der Waals surface area contributed by atoms with Crippen LogP contribution >= 0.6 is 11.6 Å². The van der Waals surface area contributed by atoms with Gasteiger partial charge in [0.05, 0.1) is 0 Å². The number of benzene rings is 1. The van der Waals surface area contributed by atoms with Crippen molar-refractivity contribution in [2.75, 3.05) is 18.5 Å². The predicted molar refractivity (Wildman–Crippen MR) is 60.1 cm³/mol. The molecule has 0 bridgehead atoms. The van der Waals surface area contributed by atoms with Crippen molar-refractivity contribution in [2.45, 2.75) is 6.18 Å². The molecule has 0 aromatic heterocycles. The molecule has 8 heteroatoms. The normalized spacial score (nSPS) is 11.3. The van der Waals surface area contributed by atoms with Crippen LogP contribution in [0.15, 0.2) is 24.3 Å². The van der Waals surface area contributed by atoms with Crippen LogP contribution in [-0.4, -0.2) is 25.2 Å². The highest BCUT2D eigenvalue weighted by atomic mass is 35.5. The molecule has 1 aromatic rings. The van der Waals surface area contributed by atoms with Crippen molar-refractivity contribution in [2.24, 2.45) is 0 Å². The van der Waals surface area contributed by atoms with Gasteiger partial charge in [0, 0.05) is 10.7 Å². The van der Waals surface area contributed by atoms with E-state index in [2.05, 4.69) is 10.2 Å². The zero-order valence-electron chi connectivity index (χ0n) is 9.05. The molecule has 1 rings (SSSR count). The summed E-state index contributed by atoms with van der Waals surface area (Å²) < 4.78 is 35.1. The van der Waals surface area contributed by atoms with Gasteiger partial charge in [-0.2, -0.15) is 18.7 Å². The van der Waals surface area contributed by atoms with Crippen LogP contribution in [0.1, 0.15) is 0 Å². The lowest BCUT2D eigenvalue weighted by atomic mass is 10.3. The molecule has 0 aliphatic carbocycles. The standard InChI is InChI=1S/C10H10ClF3N2O2/c11-7-2-1-3-8(4-7)16-9(17)5-15-18-6-10(12,13)14/h1-4,15H,5-6H2,(H,16,17). The SMILES string of the molecule is O=C(CNOCC(F)(F)F)Nc1cccc(Cl)c1. The highest BCUT2D eigenvalue weighted by Crippen LogP contribution is 2.15. The van der Waals surface area contributed by atoms with E-state index in [1.54, 1.807) is 18.2 Å². The first-order valence-electron chi connectivity index (χ1n) is 4.83. The van der Waals surface area contributed by atoms with Crippen LogP contribution in [0.2, 0.25) is 5.02 Å². The molecule has 0 unspecified atom stereocenters. The quantitative estimate of drug-likeness (QED) is 0.644. The molecular formula is C10H10ClF3N2O2. The number of hydrogen-bond acceptors (Lipinski definition) is 3. The minimum absolute atomic E-state index is 0.400. The van der Waals surface area contributed by atoms with E-state index >= 15 is 0 Å². The van der Waals surface area contributed by atoms with Gasteiger partial charge in [-0.05, 0) is 18.2 Å². The second-order valence-corrected chi connectivity index (χ2v) is 3.72.